The molecule has 0 aliphatic heterocycles. The van der Waals surface area contributed by atoms with Crippen LogP contribution in [0.25, 0.3) is 0 Å². The molecular formula is C15H22N2O. The van der Waals surface area contributed by atoms with Crippen LogP contribution in [0.3, 0.4) is 0 Å². The van der Waals surface area contributed by atoms with E-state index in [1.54, 1.807) is 0 Å². The molecule has 0 heterocycles. The molecule has 1 aromatic carbocycles. The number of carbonyl (C=O) groups excluding carboxylic acids is 1. The largest absolute Gasteiger partial charge is 0.350 e. The van der Waals surface area contributed by atoms with Crippen LogP contribution in [-0.4, -0.2) is 18.0 Å². The van der Waals surface area contributed by atoms with E-state index in [0.717, 1.165) is 24.0 Å². The predicted octanol–water partition coefficient (Wildman–Crippen LogP) is 2.39. The number of benzene rings is 1. The highest BCUT2D eigenvalue weighted by Crippen LogP contribution is 2.25. The lowest BCUT2D eigenvalue weighted by Gasteiger charge is -2.33. The maximum atomic E-state index is 12.1. The predicted molar refractivity (Wildman–Crippen MR) is 73.5 cm³/mol. The van der Waals surface area contributed by atoms with E-state index < -0.39 is 0 Å². The minimum Gasteiger partial charge on any atom is -0.350 e. The molecule has 1 aromatic rings. The summed E-state index contributed by atoms with van der Waals surface area (Å²) >= 11 is 0. The normalized spacial score (nSPS) is 18.3. The number of amides is 1. The van der Waals surface area contributed by atoms with Crippen molar-refractivity contribution in [3.8, 4) is 0 Å². The standard InChI is InChI=1S/C15H22N2O/c1-12-7-3-4-8-13(12)14(18)17-11-15(16)9-5-2-6-10-15/h3-4,7-8H,2,5-6,9-11,16H2,1H3,(H,17,18). The molecule has 3 heteroatoms. The first-order valence-electron chi connectivity index (χ1n) is 6.73. The highest BCUT2D eigenvalue weighted by Gasteiger charge is 2.27. The fourth-order valence-corrected chi connectivity index (χ4v) is 2.61. The van der Waals surface area contributed by atoms with Gasteiger partial charge in [0.05, 0.1) is 0 Å². The Hall–Kier alpha value is -1.35. The van der Waals surface area contributed by atoms with Gasteiger partial charge in [0.2, 0.25) is 0 Å². The van der Waals surface area contributed by atoms with E-state index in [9.17, 15) is 4.79 Å². The van der Waals surface area contributed by atoms with Crippen LogP contribution >= 0.6 is 0 Å². The van der Waals surface area contributed by atoms with Gasteiger partial charge in [-0.25, -0.2) is 0 Å². The number of hydrogen-bond acceptors (Lipinski definition) is 2. The molecule has 0 unspecified atom stereocenters. The lowest BCUT2D eigenvalue weighted by molar-refractivity contribution is 0.0937. The summed E-state index contributed by atoms with van der Waals surface area (Å²) in [6, 6.07) is 7.64. The monoisotopic (exact) mass is 246 g/mol. The van der Waals surface area contributed by atoms with Crippen molar-refractivity contribution in [3.63, 3.8) is 0 Å². The van der Waals surface area contributed by atoms with Crippen molar-refractivity contribution in [1.29, 1.82) is 0 Å². The molecular weight excluding hydrogens is 224 g/mol. The second kappa shape index (κ2) is 5.53. The maximum Gasteiger partial charge on any atom is 0.251 e. The molecule has 1 aliphatic rings. The summed E-state index contributed by atoms with van der Waals surface area (Å²) in [4.78, 5) is 12.1. The van der Waals surface area contributed by atoms with Gasteiger partial charge in [0.1, 0.15) is 0 Å². The van der Waals surface area contributed by atoms with E-state index >= 15 is 0 Å². The van der Waals surface area contributed by atoms with Crippen LogP contribution in [0.4, 0.5) is 0 Å². The third-order valence-electron chi connectivity index (χ3n) is 3.84. The van der Waals surface area contributed by atoms with Gasteiger partial charge in [-0.15, -0.1) is 0 Å². The molecule has 0 bridgehead atoms. The Bertz CT molecular complexity index is 422. The number of hydrogen-bond donors (Lipinski definition) is 2. The van der Waals surface area contributed by atoms with Crippen molar-refractivity contribution in [2.24, 2.45) is 5.73 Å². The molecule has 0 atom stereocenters. The van der Waals surface area contributed by atoms with Gasteiger partial charge in [-0.05, 0) is 31.4 Å². The first-order chi connectivity index (χ1) is 8.61. The number of nitrogens with one attached hydrogen (secondary N) is 1. The van der Waals surface area contributed by atoms with Gasteiger partial charge in [0.15, 0.2) is 0 Å². The molecule has 1 amide bonds. The topological polar surface area (TPSA) is 55.1 Å². The van der Waals surface area contributed by atoms with E-state index in [0.29, 0.717) is 6.54 Å². The van der Waals surface area contributed by atoms with E-state index in [1.165, 1.54) is 19.3 Å². The van der Waals surface area contributed by atoms with Crippen molar-refractivity contribution in [2.75, 3.05) is 6.54 Å². The SMILES string of the molecule is Cc1ccccc1C(=O)NCC1(N)CCCCC1. The molecule has 0 aromatic heterocycles. The van der Waals surface area contributed by atoms with E-state index in [2.05, 4.69) is 5.32 Å². The molecule has 0 spiro atoms. The smallest absolute Gasteiger partial charge is 0.251 e. The highest BCUT2D eigenvalue weighted by molar-refractivity contribution is 5.95. The Labute approximate surface area is 109 Å². The molecule has 1 fully saturated rings. The zero-order valence-electron chi connectivity index (χ0n) is 11.0. The minimum atomic E-state index is -0.198. The van der Waals surface area contributed by atoms with Gasteiger partial charge >= 0.3 is 0 Å². The minimum absolute atomic E-state index is 0.0106. The van der Waals surface area contributed by atoms with Crippen LogP contribution in [0.15, 0.2) is 24.3 Å². The van der Waals surface area contributed by atoms with E-state index in [1.807, 2.05) is 31.2 Å². The number of carbonyl (C=O) groups is 1. The summed E-state index contributed by atoms with van der Waals surface area (Å²) < 4.78 is 0. The van der Waals surface area contributed by atoms with E-state index in [-0.39, 0.29) is 11.4 Å². The summed E-state index contributed by atoms with van der Waals surface area (Å²) in [6.45, 7) is 2.54. The number of rotatable bonds is 3. The third kappa shape index (κ3) is 3.10. The molecule has 1 aliphatic carbocycles. The van der Waals surface area contributed by atoms with Crippen LogP contribution < -0.4 is 11.1 Å². The first-order valence-corrected chi connectivity index (χ1v) is 6.73. The lowest BCUT2D eigenvalue weighted by Crippen LogP contribution is -2.51. The van der Waals surface area contributed by atoms with Crippen LogP contribution in [0.2, 0.25) is 0 Å². The molecule has 0 saturated heterocycles. The number of nitrogens with two attached hydrogens (primary N) is 1. The quantitative estimate of drug-likeness (QED) is 0.860. The third-order valence-corrected chi connectivity index (χ3v) is 3.84. The van der Waals surface area contributed by atoms with Crippen molar-refractivity contribution >= 4 is 5.91 Å². The van der Waals surface area contributed by atoms with Crippen molar-refractivity contribution < 1.29 is 4.79 Å². The zero-order valence-corrected chi connectivity index (χ0v) is 11.0. The average molecular weight is 246 g/mol. The molecule has 3 N–H and O–H groups in total. The summed E-state index contributed by atoms with van der Waals surface area (Å²) in [5, 5.41) is 2.99. The molecule has 3 nitrogen and oxygen atoms in total. The molecule has 2 rings (SSSR count). The van der Waals surface area contributed by atoms with Crippen molar-refractivity contribution in [2.45, 2.75) is 44.6 Å². The van der Waals surface area contributed by atoms with Gasteiger partial charge in [0, 0.05) is 17.6 Å². The van der Waals surface area contributed by atoms with Gasteiger partial charge in [0.25, 0.3) is 5.91 Å². The Morgan fingerprint density at radius 3 is 2.61 bits per heavy atom. The first kappa shape index (κ1) is 13.1. The second-order valence-electron chi connectivity index (χ2n) is 5.42. The average Bonchev–Trinajstić information content (AvgIpc) is 2.38. The Kier molecular flexibility index (Phi) is 4.02. The van der Waals surface area contributed by atoms with Crippen LogP contribution in [-0.2, 0) is 0 Å². The summed E-state index contributed by atoms with van der Waals surface area (Å²) in [5.41, 5.74) is 7.86. The summed E-state index contributed by atoms with van der Waals surface area (Å²) in [5.74, 6) is -0.0106. The molecule has 98 valence electrons. The maximum absolute atomic E-state index is 12.1. The second-order valence-corrected chi connectivity index (χ2v) is 5.42. The summed E-state index contributed by atoms with van der Waals surface area (Å²) in [7, 11) is 0. The number of aryl methyl sites for hydroxylation is 1. The van der Waals surface area contributed by atoms with Gasteiger partial charge in [-0.2, -0.15) is 0 Å². The van der Waals surface area contributed by atoms with Gasteiger partial charge < -0.3 is 11.1 Å². The molecule has 1 saturated carbocycles. The van der Waals surface area contributed by atoms with Gasteiger partial charge in [-0.1, -0.05) is 37.5 Å². The molecule has 0 radical (unpaired) electrons. The lowest BCUT2D eigenvalue weighted by atomic mass is 9.82. The Balaban J connectivity index is 1.94. The van der Waals surface area contributed by atoms with Crippen LogP contribution in [0.1, 0.15) is 48.0 Å². The van der Waals surface area contributed by atoms with Crippen LogP contribution in [0.5, 0.6) is 0 Å². The zero-order chi connectivity index (χ0) is 13.0. The van der Waals surface area contributed by atoms with E-state index in [4.69, 9.17) is 5.73 Å². The molecule has 18 heavy (non-hydrogen) atoms. The van der Waals surface area contributed by atoms with Crippen molar-refractivity contribution in [3.05, 3.63) is 35.4 Å². The fourth-order valence-electron chi connectivity index (χ4n) is 2.61. The fraction of sp³-hybridized carbons (Fsp3) is 0.533. The van der Waals surface area contributed by atoms with Gasteiger partial charge in [-0.3, -0.25) is 4.79 Å². The Morgan fingerprint density at radius 2 is 1.94 bits per heavy atom. The Morgan fingerprint density at radius 1 is 1.28 bits per heavy atom. The van der Waals surface area contributed by atoms with Crippen LogP contribution in [0, 0.1) is 6.92 Å². The van der Waals surface area contributed by atoms with Crippen molar-refractivity contribution in [1.82, 2.24) is 5.32 Å². The highest BCUT2D eigenvalue weighted by atomic mass is 16.1. The summed E-state index contributed by atoms with van der Waals surface area (Å²) in [6.07, 6.45) is 5.65.